The first kappa shape index (κ1) is 22.1. The summed E-state index contributed by atoms with van der Waals surface area (Å²) in [7, 11) is 0. The van der Waals surface area contributed by atoms with Crippen molar-refractivity contribution in [3.63, 3.8) is 0 Å². The van der Waals surface area contributed by atoms with Crippen LogP contribution in [0.5, 0.6) is 5.75 Å². The number of benzene rings is 1. The number of para-hydroxylation sites is 1. The molecule has 1 aromatic carbocycles. The molecule has 4 rings (SSSR count). The SMILES string of the molecule is CCNC(=NCC1Cc2ccccc2O1)N1CCN(C(=O)C2CCCO2)CC1.I. The molecule has 3 aliphatic rings. The minimum atomic E-state index is -0.227. The van der Waals surface area contributed by atoms with E-state index in [2.05, 4.69) is 29.3 Å². The molecule has 7 nitrogen and oxygen atoms in total. The van der Waals surface area contributed by atoms with Gasteiger partial charge in [0.15, 0.2) is 5.96 Å². The minimum Gasteiger partial charge on any atom is -0.488 e. The third-order valence-electron chi connectivity index (χ3n) is 5.59. The fraction of sp³-hybridized carbons (Fsp3) is 0.619. The van der Waals surface area contributed by atoms with Crippen LogP contribution in [0.25, 0.3) is 0 Å². The summed E-state index contributed by atoms with van der Waals surface area (Å²) in [6.07, 6.45) is 2.61. The molecular formula is C21H31IN4O3. The Hall–Kier alpha value is -1.55. The molecule has 8 heteroatoms. The van der Waals surface area contributed by atoms with Gasteiger partial charge in [-0.05, 0) is 31.4 Å². The molecule has 2 fully saturated rings. The van der Waals surface area contributed by atoms with E-state index >= 15 is 0 Å². The van der Waals surface area contributed by atoms with E-state index in [0.717, 1.165) is 50.6 Å². The van der Waals surface area contributed by atoms with Crippen LogP contribution in [-0.4, -0.2) is 79.7 Å². The number of rotatable bonds is 4. The first-order valence-corrected chi connectivity index (χ1v) is 10.4. The van der Waals surface area contributed by atoms with Crippen molar-refractivity contribution in [2.45, 2.75) is 38.4 Å². The van der Waals surface area contributed by atoms with Gasteiger partial charge in [0, 0.05) is 45.8 Å². The standard InChI is InChI=1S/C21H30N4O3.HI/c1-2-22-21(23-15-17-14-16-6-3-4-7-18(16)28-17)25-11-9-24(10-12-25)20(26)19-8-5-13-27-19;/h3-4,6-7,17,19H,2,5,8-15H2,1H3,(H,22,23);1H. The number of guanidine groups is 1. The Balaban J connectivity index is 0.00000240. The number of carbonyl (C=O) groups excluding carboxylic acids is 1. The topological polar surface area (TPSA) is 66.4 Å². The van der Waals surface area contributed by atoms with Crippen LogP contribution in [0.3, 0.4) is 0 Å². The van der Waals surface area contributed by atoms with E-state index in [1.807, 2.05) is 17.0 Å². The number of fused-ring (bicyclic) bond motifs is 1. The second-order valence-corrected chi connectivity index (χ2v) is 7.56. The lowest BCUT2D eigenvalue weighted by Crippen LogP contribution is -2.55. The maximum Gasteiger partial charge on any atom is 0.251 e. The number of hydrogen-bond acceptors (Lipinski definition) is 4. The van der Waals surface area contributed by atoms with Crippen molar-refractivity contribution in [3.05, 3.63) is 29.8 Å². The Labute approximate surface area is 189 Å². The van der Waals surface area contributed by atoms with Crippen molar-refractivity contribution in [1.82, 2.24) is 15.1 Å². The van der Waals surface area contributed by atoms with Gasteiger partial charge in [0.2, 0.25) is 0 Å². The Morgan fingerprint density at radius 1 is 1.21 bits per heavy atom. The zero-order valence-electron chi connectivity index (χ0n) is 17.0. The van der Waals surface area contributed by atoms with Crippen molar-refractivity contribution in [3.8, 4) is 5.75 Å². The fourth-order valence-corrected chi connectivity index (χ4v) is 4.08. The van der Waals surface area contributed by atoms with Crippen LogP contribution in [0.15, 0.2) is 29.3 Å². The van der Waals surface area contributed by atoms with Crippen molar-refractivity contribution < 1.29 is 14.3 Å². The molecule has 1 N–H and O–H groups in total. The Kier molecular flexibility index (Phi) is 7.99. The summed E-state index contributed by atoms with van der Waals surface area (Å²) in [6.45, 7) is 7.25. The van der Waals surface area contributed by atoms with Crippen LogP contribution >= 0.6 is 24.0 Å². The number of carbonyl (C=O) groups is 1. The molecule has 3 aliphatic heterocycles. The van der Waals surface area contributed by atoms with Gasteiger partial charge in [0.25, 0.3) is 5.91 Å². The number of aliphatic imine (C=N–C) groups is 1. The Morgan fingerprint density at radius 2 is 1.97 bits per heavy atom. The van der Waals surface area contributed by atoms with Gasteiger partial charge in [-0.15, -0.1) is 24.0 Å². The van der Waals surface area contributed by atoms with E-state index in [1.54, 1.807) is 0 Å². The first-order chi connectivity index (χ1) is 13.7. The van der Waals surface area contributed by atoms with Gasteiger partial charge in [-0.3, -0.25) is 4.79 Å². The zero-order chi connectivity index (χ0) is 19.3. The third-order valence-corrected chi connectivity index (χ3v) is 5.59. The molecule has 0 radical (unpaired) electrons. The number of amides is 1. The van der Waals surface area contributed by atoms with Crippen LogP contribution in [0.1, 0.15) is 25.3 Å². The van der Waals surface area contributed by atoms with Gasteiger partial charge in [-0.1, -0.05) is 18.2 Å². The van der Waals surface area contributed by atoms with E-state index in [9.17, 15) is 4.79 Å². The molecule has 0 saturated carbocycles. The maximum absolute atomic E-state index is 12.5. The molecule has 160 valence electrons. The van der Waals surface area contributed by atoms with Gasteiger partial charge in [-0.2, -0.15) is 0 Å². The largest absolute Gasteiger partial charge is 0.488 e. The van der Waals surface area contributed by atoms with Crippen LogP contribution < -0.4 is 10.1 Å². The van der Waals surface area contributed by atoms with Gasteiger partial charge >= 0.3 is 0 Å². The molecule has 0 aliphatic carbocycles. The molecule has 0 bridgehead atoms. The van der Waals surface area contributed by atoms with E-state index in [1.165, 1.54) is 5.56 Å². The number of piperazine rings is 1. The molecule has 2 saturated heterocycles. The quantitative estimate of drug-likeness (QED) is 0.378. The first-order valence-electron chi connectivity index (χ1n) is 10.4. The number of ether oxygens (including phenoxy) is 2. The summed E-state index contributed by atoms with van der Waals surface area (Å²) in [5.74, 6) is 2.04. The Morgan fingerprint density at radius 3 is 2.66 bits per heavy atom. The average molecular weight is 514 g/mol. The molecule has 0 aromatic heterocycles. The van der Waals surface area contributed by atoms with E-state index in [4.69, 9.17) is 14.5 Å². The van der Waals surface area contributed by atoms with Crippen LogP contribution in [0, 0.1) is 0 Å². The Bertz CT molecular complexity index is 691. The zero-order valence-corrected chi connectivity index (χ0v) is 19.3. The highest BCUT2D eigenvalue weighted by atomic mass is 127. The molecular weight excluding hydrogens is 483 g/mol. The molecule has 0 spiro atoms. The summed E-state index contributed by atoms with van der Waals surface area (Å²) < 4.78 is 11.6. The number of nitrogens with one attached hydrogen (secondary N) is 1. The van der Waals surface area contributed by atoms with E-state index in [-0.39, 0.29) is 42.1 Å². The second-order valence-electron chi connectivity index (χ2n) is 7.56. The average Bonchev–Trinajstić information content (AvgIpc) is 3.40. The molecule has 1 aromatic rings. The predicted octanol–water partition coefficient (Wildman–Crippen LogP) is 1.90. The van der Waals surface area contributed by atoms with Crippen LogP contribution in [0.2, 0.25) is 0 Å². The van der Waals surface area contributed by atoms with Gasteiger partial charge in [-0.25, -0.2) is 4.99 Å². The molecule has 1 amide bonds. The van der Waals surface area contributed by atoms with E-state index in [0.29, 0.717) is 26.2 Å². The minimum absolute atomic E-state index is 0. The summed E-state index contributed by atoms with van der Waals surface area (Å²) >= 11 is 0. The summed E-state index contributed by atoms with van der Waals surface area (Å²) in [5.41, 5.74) is 1.26. The van der Waals surface area contributed by atoms with E-state index < -0.39 is 0 Å². The normalized spacial score (nSPS) is 24.0. The molecule has 3 heterocycles. The molecule has 29 heavy (non-hydrogen) atoms. The van der Waals surface area contributed by atoms with Crippen LogP contribution in [0.4, 0.5) is 0 Å². The lowest BCUT2D eigenvalue weighted by atomic mass is 10.1. The van der Waals surface area contributed by atoms with Gasteiger partial charge in [0.1, 0.15) is 18.0 Å². The smallest absolute Gasteiger partial charge is 0.251 e. The number of halogens is 1. The van der Waals surface area contributed by atoms with Crippen molar-refractivity contribution >= 4 is 35.8 Å². The van der Waals surface area contributed by atoms with Crippen molar-refractivity contribution in [2.75, 3.05) is 45.9 Å². The van der Waals surface area contributed by atoms with Crippen molar-refractivity contribution in [2.24, 2.45) is 4.99 Å². The second kappa shape index (κ2) is 10.5. The summed E-state index contributed by atoms with van der Waals surface area (Å²) in [5, 5.41) is 3.39. The highest BCUT2D eigenvalue weighted by Gasteiger charge is 2.31. The number of hydrogen-bond donors (Lipinski definition) is 1. The van der Waals surface area contributed by atoms with Gasteiger partial charge < -0.3 is 24.6 Å². The highest BCUT2D eigenvalue weighted by Crippen LogP contribution is 2.28. The molecule has 2 atom stereocenters. The summed E-state index contributed by atoms with van der Waals surface area (Å²) in [6, 6.07) is 8.20. The lowest BCUT2D eigenvalue weighted by molar-refractivity contribution is -0.142. The third kappa shape index (κ3) is 5.33. The molecule has 2 unspecified atom stereocenters. The lowest BCUT2D eigenvalue weighted by Gasteiger charge is -2.37. The fourth-order valence-electron chi connectivity index (χ4n) is 4.08. The van der Waals surface area contributed by atoms with Crippen molar-refractivity contribution in [1.29, 1.82) is 0 Å². The summed E-state index contributed by atoms with van der Waals surface area (Å²) in [4.78, 5) is 21.5. The number of nitrogens with zero attached hydrogens (tertiary/aromatic N) is 3. The monoisotopic (exact) mass is 514 g/mol. The van der Waals surface area contributed by atoms with Crippen LogP contribution in [-0.2, 0) is 16.0 Å². The maximum atomic E-state index is 12.5. The van der Waals surface area contributed by atoms with Gasteiger partial charge in [0.05, 0.1) is 6.54 Å². The predicted molar refractivity (Wildman–Crippen MR) is 123 cm³/mol. The highest BCUT2D eigenvalue weighted by molar-refractivity contribution is 14.0.